The van der Waals surface area contributed by atoms with Crippen molar-refractivity contribution in [2.75, 3.05) is 73.8 Å². The van der Waals surface area contributed by atoms with Gasteiger partial charge in [0.2, 0.25) is 0 Å². The average Bonchev–Trinajstić information content (AvgIpc) is 3.32. The lowest BCUT2D eigenvalue weighted by molar-refractivity contribution is 0.306. The molecule has 0 fully saturated rings. The van der Waals surface area contributed by atoms with Crippen LogP contribution in [-0.4, -0.2) is 59.1 Å². The molecule has 0 heterocycles. The van der Waals surface area contributed by atoms with Gasteiger partial charge in [0, 0.05) is 56.3 Å². The van der Waals surface area contributed by atoms with Gasteiger partial charge in [0.15, 0.2) is 5.75 Å². The lowest BCUT2D eigenvalue weighted by Gasteiger charge is -2.26. The van der Waals surface area contributed by atoms with Crippen LogP contribution in [-0.2, 0) is 0 Å². The molecule has 0 aliphatic rings. The van der Waals surface area contributed by atoms with Crippen LogP contribution in [0, 0.1) is 30.8 Å². The fraction of sp³-hybridized carbons (Fsp3) is 0.621. The van der Waals surface area contributed by atoms with E-state index in [1.54, 1.807) is 0 Å². The molecule has 0 saturated carbocycles. The van der Waals surface area contributed by atoms with Crippen molar-refractivity contribution in [3.63, 3.8) is 0 Å². The Morgan fingerprint density at radius 3 is 0.818 bits per heavy atom. The van der Waals surface area contributed by atoms with Crippen LogP contribution in [0.3, 0.4) is 0 Å². The van der Waals surface area contributed by atoms with Crippen molar-refractivity contribution in [3.8, 4) is 40.9 Å². The first-order valence-corrected chi connectivity index (χ1v) is 28.4. The quantitative estimate of drug-likeness (QED) is 0.0344. The molecule has 0 bridgehead atoms. The number of benzene rings is 3. The van der Waals surface area contributed by atoms with Crippen molar-refractivity contribution in [2.24, 2.45) is 0 Å². The number of unbranched alkanes of at least 4 members (excludes halogenated alkanes) is 9. The third-order valence-electron chi connectivity index (χ3n) is 11.8. The molecule has 6 nitrogen and oxygen atoms in total. The molecule has 0 N–H and O–H groups in total. The Morgan fingerprint density at radius 1 is 0.333 bits per heavy atom. The fourth-order valence-corrected chi connectivity index (χ4v) is 9.10. The van der Waals surface area contributed by atoms with Crippen molar-refractivity contribution in [1.82, 2.24) is 0 Å². The molecule has 66 heavy (non-hydrogen) atoms. The largest absolute Gasteiger partial charge is 0.491 e. The second kappa shape index (κ2) is 34.3. The molecular formula is C58H87I2N3O3. The van der Waals surface area contributed by atoms with E-state index in [0.29, 0.717) is 19.8 Å². The molecule has 3 aromatic rings. The topological polar surface area (TPSA) is 37.4 Å². The lowest BCUT2D eigenvalue weighted by Crippen LogP contribution is -2.26. The number of hydrogen-bond acceptors (Lipinski definition) is 6. The minimum atomic E-state index is 0.597. The van der Waals surface area contributed by atoms with Gasteiger partial charge < -0.3 is 28.9 Å². The van der Waals surface area contributed by atoms with Crippen LogP contribution in [0.15, 0.2) is 36.4 Å². The number of anilines is 3. The summed E-state index contributed by atoms with van der Waals surface area (Å²) >= 11 is 4.94. The summed E-state index contributed by atoms with van der Waals surface area (Å²) in [6, 6.07) is 13.7. The van der Waals surface area contributed by atoms with Crippen LogP contribution in [0.4, 0.5) is 17.1 Å². The summed E-state index contributed by atoms with van der Waals surface area (Å²) in [4.78, 5) is 7.64. The van der Waals surface area contributed by atoms with E-state index < -0.39 is 0 Å². The van der Waals surface area contributed by atoms with Gasteiger partial charge in [-0.05, 0) is 139 Å². The lowest BCUT2D eigenvalue weighted by atomic mass is 10.0. The molecular weight excluding hydrogens is 1040 g/mol. The average molecular weight is 1130 g/mol. The van der Waals surface area contributed by atoms with Crippen LogP contribution in [0.25, 0.3) is 0 Å². The zero-order valence-corrected chi connectivity index (χ0v) is 47.2. The standard InChI is InChI=1S/C58H87I2N3O3/c1-10-19-32-61(33-20-11-2)51-41-47(28-30-49-43-52(62(34-21-12-3)35-22-13-4)45-54(59)57(49)65-39-26-17-8)56(64-38-25-16-7)48(42-51)29-31-50-44-53(63(36-23-14-5)37-24-15-6)46-55(60)58(50)66-40-27-18-9/h41-46H,10-27,32-40H2,1-9H3. The minimum Gasteiger partial charge on any atom is -0.491 e. The molecule has 0 spiro atoms. The summed E-state index contributed by atoms with van der Waals surface area (Å²) in [5.41, 5.74) is 7.17. The van der Waals surface area contributed by atoms with E-state index in [9.17, 15) is 0 Å². The summed E-state index contributed by atoms with van der Waals surface area (Å²) < 4.78 is 22.2. The predicted molar refractivity (Wildman–Crippen MR) is 304 cm³/mol. The molecule has 0 aliphatic carbocycles. The van der Waals surface area contributed by atoms with Crippen molar-refractivity contribution in [3.05, 3.63) is 65.8 Å². The van der Waals surface area contributed by atoms with E-state index in [-0.39, 0.29) is 0 Å². The SMILES string of the molecule is CCCCOc1c(I)cc(N(CCCC)CCCC)cc1C#Cc1cc(N(CCCC)CCCC)cc(C#Cc2cc(N(CCCC)CCCC)cc(I)c2OCCCC)c1OCCCC. The van der Waals surface area contributed by atoms with Crippen LogP contribution in [0.2, 0.25) is 0 Å². The Kier molecular flexibility index (Phi) is 29.8. The third-order valence-corrected chi connectivity index (χ3v) is 13.4. The zero-order valence-electron chi connectivity index (χ0n) is 42.9. The summed E-state index contributed by atoms with van der Waals surface area (Å²) in [5.74, 6) is 17.4. The number of nitrogens with zero attached hydrogens (tertiary/aromatic N) is 3. The summed E-state index contributed by atoms with van der Waals surface area (Å²) in [5, 5.41) is 0. The number of ether oxygens (including phenoxy) is 3. The molecule has 366 valence electrons. The highest BCUT2D eigenvalue weighted by Crippen LogP contribution is 2.36. The van der Waals surface area contributed by atoms with E-state index in [0.717, 1.165) is 207 Å². The second-order valence-electron chi connectivity index (χ2n) is 17.7. The smallest absolute Gasteiger partial charge is 0.150 e. The van der Waals surface area contributed by atoms with Gasteiger partial charge in [-0.25, -0.2) is 0 Å². The van der Waals surface area contributed by atoms with Gasteiger partial charge >= 0.3 is 0 Å². The van der Waals surface area contributed by atoms with Gasteiger partial charge in [-0.1, -0.05) is 144 Å². The molecule has 0 atom stereocenters. The summed E-state index contributed by atoms with van der Waals surface area (Å²) in [6.07, 6.45) is 19.9. The predicted octanol–water partition coefficient (Wildman–Crippen LogP) is 16.5. The van der Waals surface area contributed by atoms with Gasteiger partial charge in [-0.3, -0.25) is 0 Å². The van der Waals surface area contributed by atoms with Crippen molar-refractivity contribution in [1.29, 1.82) is 0 Å². The van der Waals surface area contributed by atoms with Gasteiger partial charge in [0.1, 0.15) is 11.5 Å². The normalized spacial score (nSPS) is 10.8. The first kappa shape index (κ1) is 57.4. The highest BCUT2D eigenvalue weighted by Gasteiger charge is 2.19. The van der Waals surface area contributed by atoms with Gasteiger partial charge in [0.25, 0.3) is 0 Å². The highest BCUT2D eigenvalue weighted by atomic mass is 127. The van der Waals surface area contributed by atoms with Gasteiger partial charge in [-0.15, -0.1) is 0 Å². The molecule has 0 aromatic heterocycles. The molecule has 0 radical (unpaired) electrons. The Hall–Kier alpha value is -2.96. The Balaban J connectivity index is 2.45. The highest BCUT2D eigenvalue weighted by molar-refractivity contribution is 14.1. The second-order valence-corrected chi connectivity index (χ2v) is 20.0. The summed E-state index contributed by atoms with van der Waals surface area (Å²) in [7, 11) is 0. The summed E-state index contributed by atoms with van der Waals surface area (Å²) in [6.45, 7) is 28.3. The first-order chi connectivity index (χ1) is 32.2. The van der Waals surface area contributed by atoms with Gasteiger partial charge in [0.05, 0.1) is 49.2 Å². The number of hydrogen-bond donors (Lipinski definition) is 0. The Morgan fingerprint density at radius 2 is 0.561 bits per heavy atom. The third kappa shape index (κ3) is 19.6. The van der Waals surface area contributed by atoms with Gasteiger partial charge in [-0.2, -0.15) is 0 Å². The molecule has 3 aromatic carbocycles. The zero-order chi connectivity index (χ0) is 47.9. The molecule has 0 unspecified atom stereocenters. The molecule has 0 aliphatic heterocycles. The minimum absolute atomic E-state index is 0.597. The molecule has 0 saturated heterocycles. The van der Waals surface area contributed by atoms with Crippen LogP contribution in [0.1, 0.15) is 200 Å². The van der Waals surface area contributed by atoms with E-state index in [4.69, 9.17) is 14.2 Å². The van der Waals surface area contributed by atoms with E-state index in [1.807, 2.05) is 0 Å². The van der Waals surface area contributed by atoms with Crippen LogP contribution >= 0.6 is 45.2 Å². The Labute approximate surface area is 431 Å². The van der Waals surface area contributed by atoms with Crippen LogP contribution in [0.5, 0.6) is 17.2 Å². The monoisotopic (exact) mass is 1130 g/mol. The maximum absolute atomic E-state index is 6.85. The fourth-order valence-electron chi connectivity index (χ4n) is 7.57. The molecule has 3 rings (SSSR count). The number of halogens is 2. The van der Waals surface area contributed by atoms with Crippen molar-refractivity contribution in [2.45, 2.75) is 178 Å². The van der Waals surface area contributed by atoms with E-state index in [1.165, 1.54) is 11.4 Å². The van der Waals surface area contributed by atoms with E-state index >= 15 is 0 Å². The van der Waals surface area contributed by atoms with Crippen molar-refractivity contribution >= 4 is 62.2 Å². The molecule has 0 amide bonds. The maximum atomic E-state index is 6.85. The first-order valence-electron chi connectivity index (χ1n) is 26.3. The molecule has 8 heteroatoms. The maximum Gasteiger partial charge on any atom is 0.150 e. The Bertz CT molecular complexity index is 1810. The van der Waals surface area contributed by atoms with Crippen LogP contribution < -0.4 is 28.9 Å². The number of rotatable bonds is 33. The van der Waals surface area contributed by atoms with Crippen molar-refractivity contribution < 1.29 is 14.2 Å². The van der Waals surface area contributed by atoms with E-state index in [2.05, 4.69) is 182 Å².